The second kappa shape index (κ2) is 7.07. The normalized spacial score (nSPS) is 25.4. The topological polar surface area (TPSA) is 86.7 Å². The number of nitrogens with zero attached hydrogens (tertiary/aromatic N) is 1. The summed E-state index contributed by atoms with van der Waals surface area (Å²) >= 11 is 1.52. The van der Waals surface area contributed by atoms with Crippen molar-refractivity contribution in [2.45, 2.75) is 32.7 Å². The molecule has 1 aliphatic carbocycles. The summed E-state index contributed by atoms with van der Waals surface area (Å²) in [4.78, 5) is 38.0. The number of aliphatic carboxylic acids is 1. The zero-order valence-corrected chi connectivity index (χ0v) is 15.1. The molecule has 134 valence electrons. The lowest BCUT2D eigenvalue weighted by Crippen LogP contribution is -2.51. The minimum Gasteiger partial charge on any atom is -0.481 e. The molecule has 0 aromatic heterocycles. The average Bonchev–Trinajstić information content (AvgIpc) is 2.99. The van der Waals surface area contributed by atoms with E-state index in [1.165, 1.54) is 11.8 Å². The van der Waals surface area contributed by atoms with Gasteiger partial charge in [0.2, 0.25) is 11.8 Å². The Morgan fingerprint density at radius 1 is 1.16 bits per heavy atom. The van der Waals surface area contributed by atoms with Crippen molar-refractivity contribution < 1.29 is 19.5 Å². The molecule has 1 aromatic rings. The van der Waals surface area contributed by atoms with Crippen LogP contribution in [0.4, 0.5) is 5.69 Å². The van der Waals surface area contributed by atoms with Crippen LogP contribution in [0.25, 0.3) is 0 Å². The first-order valence-electron chi connectivity index (χ1n) is 8.37. The maximum Gasteiger partial charge on any atom is 0.307 e. The number of aryl methyl sites for hydroxylation is 2. The first-order chi connectivity index (χ1) is 11.9. The van der Waals surface area contributed by atoms with Crippen molar-refractivity contribution >= 4 is 35.2 Å². The van der Waals surface area contributed by atoms with Gasteiger partial charge in [0.1, 0.15) is 6.04 Å². The van der Waals surface area contributed by atoms with Gasteiger partial charge in [-0.25, -0.2) is 0 Å². The monoisotopic (exact) mass is 362 g/mol. The molecular weight excluding hydrogens is 340 g/mol. The number of amides is 2. The highest BCUT2D eigenvalue weighted by molar-refractivity contribution is 7.99. The van der Waals surface area contributed by atoms with Crippen LogP contribution >= 0.6 is 11.8 Å². The van der Waals surface area contributed by atoms with Gasteiger partial charge in [-0.1, -0.05) is 6.07 Å². The molecule has 0 spiro atoms. The predicted molar refractivity (Wildman–Crippen MR) is 96.4 cm³/mol. The SMILES string of the molecule is Cc1ccc(NC(=O)C2CSCN2C(=O)C2CCC2C(=O)O)cc1C. The van der Waals surface area contributed by atoms with Gasteiger partial charge >= 0.3 is 5.97 Å². The number of anilines is 1. The third-order valence-electron chi connectivity index (χ3n) is 5.15. The summed E-state index contributed by atoms with van der Waals surface area (Å²) in [5, 5.41) is 12.0. The van der Waals surface area contributed by atoms with E-state index >= 15 is 0 Å². The van der Waals surface area contributed by atoms with Crippen molar-refractivity contribution in [1.82, 2.24) is 4.90 Å². The minimum absolute atomic E-state index is 0.205. The molecule has 2 fully saturated rings. The Morgan fingerprint density at radius 2 is 1.88 bits per heavy atom. The lowest BCUT2D eigenvalue weighted by molar-refractivity contribution is -0.157. The number of carbonyl (C=O) groups excluding carboxylic acids is 2. The summed E-state index contributed by atoms with van der Waals surface area (Å²) in [7, 11) is 0. The number of benzene rings is 1. The molecule has 3 rings (SSSR count). The third kappa shape index (κ3) is 3.51. The van der Waals surface area contributed by atoms with Crippen molar-refractivity contribution in [2.75, 3.05) is 16.9 Å². The lowest BCUT2D eigenvalue weighted by Gasteiger charge is -2.36. The first kappa shape index (κ1) is 17.8. The number of carbonyl (C=O) groups is 3. The van der Waals surface area contributed by atoms with Gasteiger partial charge in [-0.2, -0.15) is 0 Å². The second-order valence-corrected chi connectivity index (χ2v) is 7.74. The molecule has 1 saturated heterocycles. The van der Waals surface area contributed by atoms with Crippen molar-refractivity contribution in [1.29, 1.82) is 0 Å². The van der Waals surface area contributed by atoms with Gasteiger partial charge in [-0.15, -0.1) is 11.8 Å². The van der Waals surface area contributed by atoms with Crippen molar-refractivity contribution in [3.05, 3.63) is 29.3 Å². The number of hydrogen-bond donors (Lipinski definition) is 2. The van der Waals surface area contributed by atoms with E-state index in [-0.39, 0.29) is 11.8 Å². The van der Waals surface area contributed by atoms with Gasteiger partial charge < -0.3 is 15.3 Å². The van der Waals surface area contributed by atoms with E-state index in [1.54, 1.807) is 4.90 Å². The van der Waals surface area contributed by atoms with Gasteiger partial charge in [-0.3, -0.25) is 14.4 Å². The van der Waals surface area contributed by atoms with Crippen molar-refractivity contribution in [3.63, 3.8) is 0 Å². The zero-order valence-electron chi connectivity index (χ0n) is 14.3. The van der Waals surface area contributed by atoms with Crippen LogP contribution in [0, 0.1) is 25.7 Å². The molecule has 1 aliphatic heterocycles. The van der Waals surface area contributed by atoms with Crippen LogP contribution in [-0.4, -0.2) is 45.5 Å². The number of nitrogens with one attached hydrogen (secondary N) is 1. The van der Waals surface area contributed by atoms with Crippen molar-refractivity contribution in [2.24, 2.45) is 11.8 Å². The molecule has 2 amide bonds. The van der Waals surface area contributed by atoms with E-state index in [4.69, 9.17) is 5.11 Å². The molecule has 25 heavy (non-hydrogen) atoms. The average molecular weight is 362 g/mol. The van der Waals surface area contributed by atoms with E-state index in [0.29, 0.717) is 30.2 Å². The number of carboxylic acid groups (broad SMARTS) is 1. The van der Waals surface area contributed by atoms with Gasteiger partial charge in [-0.05, 0) is 49.9 Å². The van der Waals surface area contributed by atoms with Crippen LogP contribution in [0.3, 0.4) is 0 Å². The zero-order chi connectivity index (χ0) is 18.1. The number of thioether (sulfide) groups is 1. The standard InChI is InChI=1S/C18H22N2O4S/c1-10-3-4-12(7-11(10)2)19-16(21)15-8-25-9-20(15)17(22)13-5-6-14(13)18(23)24/h3-4,7,13-15H,5-6,8-9H2,1-2H3,(H,19,21)(H,23,24). The Hall–Kier alpha value is -2.02. The second-order valence-electron chi connectivity index (χ2n) is 6.74. The summed E-state index contributed by atoms with van der Waals surface area (Å²) < 4.78 is 0. The van der Waals surface area contributed by atoms with E-state index in [9.17, 15) is 14.4 Å². The molecule has 3 unspecified atom stereocenters. The molecule has 2 N–H and O–H groups in total. The number of rotatable bonds is 4. The maximum atomic E-state index is 12.7. The van der Waals surface area contributed by atoms with E-state index < -0.39 is 23.8 Å². The number of carboxylic acids is 1. The Balaban J connectivity index is 1.68. The molecular formula is C18H22N2O4S. The third-order valence-corrected chi connectivity index (χ3v) is 6.16. The Kier molecular flexibility index (Phi) is 5.03. The van der Waals surface area contributed by atoms with Crippen LogP contribution in [-0.2, 0) is 14.4 Å². The van der Waals surface area contributed by atoms with Gasteiger partial charge in [0.15, 0.2) is 0 Å². The lowest BCUT2D eigenvalue weighted by atomic mass is 9.73. The van der Waals surface area contributed by atoms with Gasteiger partial charge in [0, 0.05) is 11.4 Å². The molecule has 1 heterocycles. The van der Waals surface area contributed by atoms with E-state index in [2.05, 4.69) is 5.32 Å². The quantitative estimate of drug-likeness (QED) is 0.858. The molecule has 0 radical (unpaired) electrons. The van der Waals surface area contributed by atoms with Gasteiger partial charge in [0.05, 0.1) is 17.7 Å². The fraction of sp³-hybridized carbons (Fsp3) is 0.500. The maximum absolute atomic E-state index is 12.7. The van der Waals surface area contributed by atoms with Crippen LogP contribution < -0.4 is 5.32 Å². The molecule has 1 saturated carbocycles. The minimum atomic E-state index is -0.924. The molecule has 0 bridgehead atoms. The molecule has 2 aliphatic rings. The summed E-state index contributed by atoms with van der Waals surface area (Å²) in [5.41, 5.74) is 2.95. The van der Waals surface area contributed by atoms with E-state index in [0.717, 1.165) is 11.1 Å². The van der Waals surface area contributed by atoms with Crippen LogP contribution in [0.2, 0.25) is 0 Å². The summed E-state index contributed by atoms with van der Waals surface area (Å²) in [6.07, 6.45) is 1.12. The highest BCUT2D eigenvalue weighted by atomic mass is 32.2. The molecule has 7 heteroatoms. The van der Waals surface area contributed by atoms with Crippen LogP contribution in [0.1, 0.15) is 24.0 Å². The molecule has 3 atom stereocenters. The summed E-state index contributed by atoms with van der Waals surface area (Å²) in [5.74, 6) is -1.47. The summed E-state index contributed by atoms with van der Waals surface area (Å²) in [6, 6.07) is 5.16. The Bertz CT molecular complexity index is 721. The Labute approximate surface area is 151 Å². The van der Waals surface area contributed by atoms with E-state index in [1.807, 2.05) is 32.0 Å². The smallest absolute Gasteiger partial charge is 0.307 e. The Morgan fingerprint density at radius 3 is 2.48 bits per heavy atom. The molecule has 1 aromatic carbocycles. The fourth-order valence-electron chi connectivity index (χ4n) is 3.23. The van der Waals surface area contributed by atoms with Crippen molar-refractivity contribution in [3.8, 4) is 0 Å². The van der Waals surface area contributed by atoms with Crippen LogP contribution in [0.15, 0.2) is 18.2 Å². The highest BCUT2D eigenvalue weighted by Gasteiger charge is 2.46. The number of hydrogen-bond acceptors (Lipinski definition) is 4. The summed E-state index contributed by atoms with van der Waals surface area (Å²) in [6.45, 7) is 3.99. The first-order valence-corrected chi connectivity index (χ1v) is 9.53. The largest absolute Gasteiger partial charge is 0.481 e. The highest BCUT2D eigenvalue weighted by Crippen LogP contribution is 2.38. The van der Waals surface area contributed by atoms with Gasteiger partial charge in [0.25, 0.3) is 0 Å². The van der Waals surface area contributed by atoms with Crippen LogP contribution in [0.5, 0.6) is 0 Å². The molecule has 6 nitrogen and oxygen atoms in total. The predicted octanol–water partition coefficient (Wildman–Crippen LogP) is 2.25. The fourth-order valence-corrected chi connectivity index (χ4v) is 4.39.